The van der Waals surface area contributed by atoms with Crippen molar-refractivity contribution in [2.24, 2.45) is 17.2 Å². The average molecular weight is 348 g/mol. The van der Waals surface area contributed by atoms with E-state index in [4.69, 9.17) is 22.3 Å². The number of carbonyl (C=O) groups is 4. The summed E-state index contributed by atoms with van der Waals surface area (Å²) in [7, 11) is 0. The Morgan fingerprint density at radius 1 is 1.30 bits per heavy atom. The molecule has 3 atom stereocenters. The van der Waals surface area contributed by atoms with Gasteiger partial charge in [0.25, 0.3) is 0 Å². The first-order chi connectivity index (χ1) is 10.6. The van der Waals surface area contributed by atoms with Crippen molar-refractivity contribution in [3.05, 3.63) is 0 Å². The maximum absolute atomic E-state index is 12.4. The Bertz CT molecular complexity index is 471. The van der Waals surface area contributed by atoms with Crippen LogP contribution in [0.2, 0.25) is 0 Å². The molecule has 0 aromatic rings. The third-order valence-electron chi connectivity index (χ3n) is 3.24. The normalized spacial score (nSPS) is 16.0. The quantitative estimate of drug-likeness (QED) is 0.271. The molecule has 0 fully saturated rings. The van der Waals surface area contributed by atoms with Gasteiger partial charge < -0.3 is 27.6 Å². The summed E-state index contributed by atoms with van der Waals surface area (Å²) < 4.78 is 0. The van der Waals surface area contributed by atoms with Gasteiger partial charge in [-0.1, -0.05) is 0 Å². The fourth-order valence-corrected chi connectivity index (χ4v) is 2.38. The van der Waals surface area contributed by atoms with Crippen molar-refractivity contribution < 1.29 is 24.3 Å². The number of carbonyl (C=O) groups excluding carboxylic acids is 3. The molecule has 0 aliphatic carbocycles. The minimum atomic E-state index is -1.92. The van der Waals surface area contributed by atoms with E-state index in [1.807, 2.05) is 0 Å². The molecule has 0 heterocycles. The van der Waals surface area contributed by atoms with Crippen LogP contribution in [0.25, 0.3) is 0 Å². The molecule has 8 N–H and O–H groups in total. The summed E-state index contributed by atoms with van der Waals surface area (Å²) in [6.45, 7) is 1.40. The maximum atomic E-state index is 12.4. The van der Waals surface area contributed by atoms with Crippen LogP contribution >= 0.6 is 11.8 Å². The van der Waals surface area contributed by atoms with E-state index in [0.717, 1.165) is 0 Å². The molecule has 0 rings (SSSR count). The van der Waals surface area contributed by atoms with Gasteiger partial charge in [0.1, 0.15) is 6.04 Å². The lowest BCUT2D eigenvalue weighted by Gasteiger charge is -2.29. The first-order valence-corrected chi connectivity index (χ1v) is 8.35. The van der Waals surface area contributed by atoms with Crippen LogP contribution in [0.5, 0.6) is 0 Å². The molecule has 0 aromatic carbocycles. The van der Waals surface area contributed by atoms with Gasteiger partial charge in [-0.05, 0) is 31.8 Å². The second-order valence-corrected chi connectivity index (χ2v) is 6.22. The first-order valence-electron chi connectivity index (χ1n) is 6.96. The number of Topliss-reactive ketones (excluding diaryl/α,β-unsaturated/α-hetero) is 1. The number of ketones is 1. The summed E-state index contributed by atoms with van der Waals surface area (Å²) in [5, 5.41) is 11.3. The monoisotopic (exact) mass is 348 g/mol. The highest BCUT2D eigenvalue weighted by molar-refractivity contribution is 7.98. The molecular weight excluding hydrogens is 324 g/mol. The fraction of sp³-hybridized carbons (Fsp3) is 0.692. The zero-order valence-electron chi connectivity index (χ0n) is 13.2. The number of carboxylic acids is 1. The molecule has 9 nitrogen and oxygen atoms in total. The molecule has 0 aromatic heterocycles. The van der Waals surface area contributed by atoms with E-state index >= 15 is 0 Å². The number of aliphatic carboxylic acids is 1. The fourth-order valence-electron chi connectivity index (χ4n) is 1.85. The number of hydrogen-bond acceptors (Lipinski definition) is 7. The van der Waals surface area contributed by atoms with Gasteiger partial charge in [0.2, 0.25) is 11.8 Å². The predicted molar refractivity (Wildman–Crippen MR) is 86.6 cm³/mol. The summed E-state index contributed by atoms with van der Waals surface area (Å²) >= 11 is 1.38. The van der Waals surface area contributed by atoms with E-state index < -0.39 is 41.2 Å². The van der Waals surface area contributed by atoms with E-state index in [2.05, 4.69) is 5.32 Å². The van der Waals surface area contributed by atoms with Gasteiger partial charge in [0.15, 0.2) is 11.3 Å². The van der Waals surface area contributed by atoms with Crippen LogP contribution in [0.4, 0.5) is 0 Å². The Labute approximate surface area is 138 Å². The Hall–Kier alpha value is -1.65. The topological polar surface area (TPSA) is 179 Å². The Morgan fingerprint density at radius 2 is 1.87 bits per heavy atom. The third-order valence-corrected chi connectivity index (χ3v) is 3.85. The highest BCUT2D eigenvalue weighted by Gasteiger charge is 2.43. The van der Waals surface area contributed by atoms with Crippen molar-refractivity contribution in [1.29, 1.82) is 0 Å². The van der Waals surface area contributed by atoms with E-state index in [1.165, 1.54) is 18.7 Å². The highest BCUT2D eigenvalue weighted by Crippen LogP contribution is 2.15. The van der Waals surface area contributed by atoms with Crippen LogP contribution in [0.1, 0.15) is 26.2 Å². The van der Waals surface area contributed by atoms with Crippen molar-refractivity contribution in [1.82, 2.24) is 5.32 Å². The van der Waals surface area contributed by atoms with Gasteiger partial charge in [-0.25, -0.2) is 4.79 Å². The SMILES string of the molecule is CSCC[C@](N)(C(=O)N[C@@H](CCC(N)=O)C(=O)O)C(=O)[C@H](C)N. The van der Waals surface area contributed by atoms with Gasteiger partial charge in [-0.2, -0.15) is 11.8 Å². The lowest BCUT2D eigenvalue weighted by atomic mass is 9.87. The number of nitrogens with one attached hydrogen (secondary N) is 1. The van der Waals surface area contributed by atoms with Crippen molar-refractivity contribution in [3.63, 3.8) is 0 Å². The molecular formula is C13H24N4O5S. The lowest BCUT2D eigenvalue weighted by Crippen LogP contribution is -2.65. The number of amides is 2. The number of thioether (sulfide) groups is 1. The summed E-state index contributed by atoms with van der Waals surface area (Å²) in [5.74, 6) is -3.23. The lowest BCUT2D eigenvalue weighted by molar-refractivity contribution is -0.145. The van der Waals surface area contributed by atoms with Crippen molar-refractivity contribution >= 4 is 35.3 Å². The van der Waals surface area contributed by atoms with Gasteiger partial charge >= 0.3 is 5.97 Å². The molecule has 0 aliphatic rings. The largest absolute Gasteiger partial charge is 0.480 e. The van der Waals surface area contributed by atoms with E-state index in [1.54, 1.807) is 6.26 Å². The van der Waals surface area contributed by atoms with E-state index in [9.17, 15) is 19.2 Å². The molecule has 2 amide bonds. The summed E-state index contributed by atoms with van der Waals surface area (Å²) in [6, 6.07) is -2.34. The smallest absolute Gasteiger partial charge is 0.326 e. The number of nitrogens with two attached hydrogens (primary N) is 3. The average Bonchev–Trinajstić information content (AvgIpc) is 2.47. The van der Waals surface area contributed by atoms with Gasteiger partial charge in [0.05, 0.1) is 6.04 Å². The molecule has 0 radical (unpaired) electrons. The molecule has 23 heavy (non-hydrogen) atoms. The number of carboxylic acid groups (broad SMARTS) is 1. The van der Waals surface area contributed by atoms with Crippen molar-refractivity contribution in [2.45, 2.75) is 43.8 Å². The van der Waals surface area contributed by atoms with Crippen molar-refractivity contribution in [2.75, 3.05) is 12.0 Å². The molecule has 0 bridgehead atoms. The number of primary amides is 1. The van der Waals surface area contributed by atoms with Crippen LogP contribution < -0.4 is 22.5 Å². The summed E-state index contributed by atoms with van der Waals surface area (Å²) in [6.07, 6.45) is 1.38. The minimum absolute atomic E-state index is 0.0164. The number of hydrogen-bond donors (Lipinski definition) is 5. The highest BCUT2D eigenvalue weighted by atomic mass is 32.2. The Balaban J connectivity index is 5.22. The standard InChI is InChI=1S/C13H24N4O5S/c1-7(14)10(19)13(16,5-6-23-2)12(22)17-8(11(20)21)3-4-9(15)18/h7-8H,3-6,14,16H2,1-2H3,(H2,15,18)(H,17,22)(H,20,21)/t7-,8-,13+/m0/s1. The van der Waals surface area contributed by atoms with Gasteiger partial charge in [0, 0.05) is 6.42 Å². The summed E-state index contributed by atoms with van der Waals surface area (Å²) in [4.78, 5) is 46.5. The second-order valence-electron chi connectivity index (χ2n) is 5.24. The maximum Gasteiger partial charge on any atom is 0.326 e. The Kier molecular flexibility index (Phi) is 8.80. The number of rotatable bonds is 11. The second kappa shape index (κ2) is 9.48. The first kappa shape index (κ1) is 21.4. The van der Waals surface area contributed by atoms with Crippen LogP contribution in [-0.4, -0.2) is 58.3 Å². The molecule has 0 saturated heterocycles. The van der Waals surface area contributed by atoms with Gasteiger partial charge in [-0.3, -0.25) is 14.4 Å². The third kappa shape index (κ3) is 6.55. The van der Waals surface area contributed by atoms with Crippen LogP contribution in [0.3, 0.4) is 0 Å². The zero-order chi connectivity index (χ0) is 18.2. The van der Waals surface area contributed by atoms with Crippen LogP contribution in [-0.2, 0) is 19.2 Å². The molecule has 0 saturated carbocycles. The van der Waals surface area contributed by atoms with Crippen LogP contribution in [0, 0.1) is 0 Å². The molecule has 0 unspecified atom stereocenters. The summed E-state index contributed by atoms with van der Waals surface area (Å²) in [5.41, 5.74) is 14.5. The van der Waals surface area contributed by atoms with E-state index in [0.29, 0.717) is 5.75 Å². The molecule has 0 spiro atoms. The zero-order valence-corrected chi connectivity index (χ0v) is 14.0. The van der Waals surface area contributed by atoms with Crippen LogP contribution in [0.15, 0.2) is 0 Å². The molecule has 132 valence electrons. The van der Waals surface area contributed by atoms with E-state index in [-0.39, 0.29) is 19.3 Å². The Morgan fingerprint density at radius 3 is 2.26 bits per heavy atom. The minimum Gasteiger partial charge on any atom is -0.480 e. The predicted octanol–water partition coefficient (Wildman–Crippen LogP) is -1.81. The molecule has 10 heteroatoms. The van der Waals surface area contributed by atoms with Gasteiger partial charge in [-0.15, -0.1) is 0 Å². The van der Waals surface area contributed by atoms with Crippen molar-refractivity contribution in [3.8, 4) is 0 Å². The molecule has 0 aliphatic heterocycles.